The lowest BCUT2D eigenvalue weighted by Crippen LogP contribution is -2.11. The van der Waals surface area contributed by atoms with Crippen LogP contribution in [0.1, 0.15) is 39.0 Å². The summed E-state index contributed by atoms with van der Waals surface area (Å²) in [4.78, 5) is 11.7. The molecule has 0 saturated heterocycles. The number of unbranched alkanes of at least 4 members (excludes halogenated alkanes) is 2. The first kappa shape index (κ1) is 15.9. The number of carbonyl (C=O) groups excluding carboxylic acids is 1. The highest BCUT2D eigenvalue weighted by atomic mass is 32.2. The molecule has 0 spiro atoms. The second-order valence-corrected chi connectivity index (χ2v) is 5.82. The van der Waals surface area contributed by atoms with E-state index in [-0.39, 0.29) is 5.91 Å². The maximum Gasteiger partial charge on any atom is 0.224 e. The van der Waals surface area contributed by atoms with Crippen molar-refractivity contribution in [1.82, 2.24) is 0 Å². The Bertz CT molecular complexity index is 382. The average Bonchev–Trinajstić information content (AvgIpc) is 2.37. The van der Waals surface area contributed by atoms with Gasteiger partial charge in [-0.3, -0.25) is 4.79 Å². The second kappa shape index (κ2) is 9.73. The van der Waals surface area contributed by atoms with Crippen LogP contribution in [0.25, 0.3) is 0 Å². The first-order chi connectivity index (χ1) is 9.22. The van der Waals surface area contributed by atoms with E-state index in [1.165, 1.54) is 25.0 Å². The van der Waals surface area contributed by atoms with Crippen molar-refractivity contribution >= 4 is 29.0 Å². The van der Waals surface area contributed by atoms with E-state index in [0.29, 0.717) is 12.1 Å². The number of nitrogens with one attached hydrogen (secondary N) is 1. The SMILES string of the molecule is CCCCCSCCCC(=O)Nc1cccc(N)c1. The largest absolute Gasteiger partial charge is 0.399 e. The highest BCUT2D eigenvalue weighted by molar-refractivity contribution is 7.99. The predicted octanol–water partition coefficient (Wildman–Crippen LogP) is 3.91. The molecule has 1 rings (SSSR count). The minimum absolute atomic E-state index is 0.0692. The Balaban J connectivity index is 2.08. The zero-order chi connectivity index (χ0) is 13.9. The molecule has 3 nitrogen and oxygen atoms in total. The van der Waals surface area contributed by atoms with Gasteiger partial charge in [-0.25, -0.2) is 0 Å². The van der Waals surface area contributed by atoms with Crippen LogP contribution >= 0.6 is 11.8 Å². The third kappa shape index (κ3) is 7.78. The van der Waals surface area contributed by atoms with Crippen LogP contribution < -0.4 is 11.1 Å². The minimum Gasteiger partial charge on any atom is -0.399 e. The van der Waals surface area contributed by atoms with Crippen molar-refractivity contribution in [3.63, 3.8) is 0 Å². The van der Waals surface area contributed by atoms with Crippen LogP contribution in [0.15, 0.2) is 24.3 Å². The van der Waals surface area contributed by atoms with Crippen molar-refractivity contribution < 1.29 is 4.79 Å². The van der Waals surface area contributed by atoms with Crippen molar-refractivity contribution in [2.45, 2.75) is 39.0 Å². The molecule has 0 atom stereocenters. The summed E-state index contributed by atoms with van der Waals surface area (Å²) in [6.07, 6.45) is 5.38. The van der Waals surface area contributed by atoms with Gasteiger partial charge in [0, 0.05) is 17.8 Å². The molecule has 1 amide bonds. The Morgan fingerprint density at radius 3 is 2.79 bits per heavy atom. The summed E-state index contributed by atoms with van der Waals surface area (Å²) in [6.45, 7) is 2.21. The second-order valence-electron chi connectivity index (χ2n) is 4.60. The van der Waals surface area contributed by atoms with E-state index in [1.54, 1.807) is 6.07 Å². The van der Waals surface area contributed by atoms with Crippen LogP contribution in [0.5, 0.6) is 0 Å². The van der Waals surface area contributed by atoms with E-state index >= 15 is 0 Å². The zero-order valence-electron chi connectivity index (χ0n) is 11.7. The summed E-state index contributed by atoms with van der Waals surface area (Å²) < 4.78 is 0. The molecule has 0 saturated carbocycles. The third-order valence-corrected chi connectivity index (χ3v) is 3.91. The summed E-state index contributed by atoms with van der Waals surface area (Å²) in [5, 5.41) is 2.87. The number of rotatable bonds is 9. The zero-order valence-corrected chi connectivity index (χ0v) is 12.5. The van der Waals surface area contributed by atoms with Gasteiger partial charge in [0.1, 0.15) is 0 Å². The monoisotopic (exact) mass is 280 g/mol. The number of hydrogen-bond donors (Lipinski definition) is 2. The highest BCUT2D eigenvalue weighted by Crippen LogP contribution is 2.13. The summed E-state index contributed by atoms with van der Waals surface area (Å²) in [6, 6.07) is 7.28. The molecular formula is C15H24N2OS. The molecule has 0 aliphatic heterocycles. The number of hydrogen-bond acceptors (Lipinski definition) is 3. The summed E-state index contributed by atoms with van der Waals surface area (Å²) in [5.41, 5.74) is 7.11. The smallest absolute Gasteiger partial charge is 0.224 e. The van der Waals surface area contributed by atoms with Crippen LogP contribution in [0, 0.1) is 0 Å². The van der Waals surface area contributed by atoms with Gasteiger partial charge in [-0.1, -0.05) is 25.8 Å². The van der Waals surface area contributed by atoms with Gasteiger partial charge in [0.25, 0.3) is 0 Å². The van der Waals surface area contributed by atoms with Crippen LogP contribution in [-0.4, -0.2) is 17.4 Å². The predicted molar refractivity (Wildman–Crippen MR) is 85.6 cm³/mol. The fourth-order valence-electron chi connectivity index (χ4n) is 1.73. The van der Waals surface area contributed by atoms with Gasteiger partial charge >= 0.3 is 0 Å². The molecule has 0 aliphatic rings. The maximum absolute atomic E-state index is 11.7. The normalized spacial score (nSPS) is 10.4. The molecular weight excluding hydrogens is 256 g/mol. The van der Waals surface area contributed by atoms with Gasteiger partial charge in [-0.15, -0.1) is 0 Å². The number of nitrogen functional groups attached to an aromatic ring is 1. The quantitative estimate of drug-likeness (QED) is 0.532. The summed E-state index contributed by atoms with van der Waals surface area (Å²) in [5.74, 6) is 2.35. The van der Waals surface area contributed by atoms with Crippen molar-refractivity contribution in [2.24, 2.45) is 0 Å². The molecule has 19 heavy (non-hydrogen) atoms. The lowest BCUT2D eigenvalue weighted by atomic mass is 10.2. The van der Waals surface area contributed by atoms with Gasteiger partial charge in [0.2, 0.25) is 5.91 Å². The average molecular weight is 280 g/mol. The van der Waals surface area contributed by atoms with Gasteiger partial charge in [0.05, 0.1) is 0 Å². The maximum atomic E-state index is 11.7. The molecule has 1 aromatic carbocycles. The number of nitrogens with two attached hydrogens (primary N) is 1. The standard InChI is InChI=1S/C15H24N2OS/c1-2-3-4-10-19-11-6-9-15(18)17-14-8-5-7-13(16)12-14/h5,7-8,12H,2-4,6,9-11,16H2,1H3,(H,17,18). The minimum atomic E-state index is 0.0692. The van der Waals surface area contributed by atoms with E-state index in [1.807, 2.05) is 30.0 Å². The van der Waals surface area contributed by atoms with Crippen LogP contribution in [-0.2, 0) is 4.79 Å². The molecule has 0 radical (unpaired) electrons. The number of carbonyl (C=O) groups is 1. The van der Waals surface area contributed by atoms with Crippen LogP contribution in [0.4, 0.5) is 11.4 Å². The molecule has 0 fully saturated rings. The lowest BCUT2D eigenvalue weighted by Gasteiger charge is -2.06. The molecule has 0 aromatic heterocycles. The first-order valence-electron chi connectivity index (χ1n) is 6.95. The molecule has 4 heteroatoms. The highest BCUT2D eigenvalue weighted by Gasteiger charge is 2.02. The number of thioether (sulfide) groups is 1. The molecule has 0 aliphatic carbocycles. The Kier molecular flexibility index (Phi) is 8.14. The number of anilines is 2. The van der Waals surface area contributed by atoms with Crippen molar-refractivity contribution in [2.75, 3.05) is 22.6 Å². The molecule has 0 bridgehead atoms. The van der Waals surface area contributed by atoms with Gasteiger partial charge in [0.15, 0.2) is 0 Å². The summed E-state index contributed by atoms with van der Waals surface area (Å²) >= 11 is 1.94. The molecule has 0 heterocycles. The molecule has 0 unspecified atom stereocenters. The van der Waals surface area contributed by atoms with E-state index in [0.717, 1.165) is 17.9 Å². The Labute approximate surface area is 120 Å². The topological polar surface area (TPSA) is 55.1 Å². The van der Waals surface area contributed by atoms with Gasteiger partial charge in [-0.05, 0) is 42.5 Å². The Morgan fingerprint density at radius 2 is 2.05 bits per heavy atom. The fourth-order valence-corrected chi connectivity index (χ4v) is 2.69. The third-order valence-electron chi connectivity index (χ3n) is 2.76. The van der Waals surface area contributed by atoms with Crippen LogP contribution in [0.2, 0.25) is 0 Å². The number of benzene rings is 1. The molecule has 3 N–H and O–H groups in total. The summed E-state index contributed by atoms with van der Waals surface area (Å²) in [7, 11) is 0. The fraction of sp³-hybridized carbons (Fsp3) is 0.533. The first-order valence-corrected chi connectivity index (χ1v) is 8.11. The van der Waals surface area contributed by atoms with Gasteiger partial charge < -0.3 is 11.1 Å². The molecule has 106 valence electrons. The Hall–Kier alpha value is -1.16. The van der Waals surface area contributed by atoms with Crippen molar-refractivity contribution in [3.8, 4) is 0 Å². The van der Waals surface area contributed by atoms with Crippen molar-refractivity contribution in [3.05, 3.63) is 24.3 Å². The van der Waals surface area contributed by atoms with Gasteiger partial charge in [-0.2, -0.15) is 11.8 Å². The van der Waals surface area contributed by atoms with E-state index in [2.05, 4.69) is 12.2 Å². The number of amides is 1. The lowest BCUT2D eigenvalue weighted by molar-refractivity contribution is -0.116. The van der Waals surface area contributed by atoms with E-state index in [9.17, 15) is 4.79 Å². The van der Waals surface area contributed by atoms with E-state index in [4.69, 9.17) is 5.73 Å². The van der Waals surface area contributed by atoms with Crippen molar-refractivity contribution in [1.29, 1.82) is 0 Å². The van der Waals surface area contributed by atoms with E-state index < -0.39 is 0 Å². The van der Waals surface area contributed by atoms with Crippen LogP contribution in [0.3, 0.4) is 0 Å². The molecule has 1 aromatic rings. The Morgan fingerprint density at radius 1 is 1.26 bits per heavy atom.